The summed E-state index contributed by atoms with van der Waals surface area (Å²) in [6, 6.07) is 7.43. The summed E-state index contributed by atoms with van der Waals surface area (Å²) >= 11 is 1.33. The van der Waals surface area contributed by atoms with E-state index in [-0.39, 0.29) is 11.5 Å². The van der Waals surface area contributed by atoms with Crippen LogP contribution in [0, 0.1) is 10.1 Å². The molecule has 0 spiro atoms. The topological polar surface area (TPSA) is 80.4 Å². The summed E-state index contributed by atoms with van der Waals surface area (Å²) in [5, 5.41) is 21.8. The lowest BCUT2D eigenvalue weighted by Crippen LogP contribution is -1.90. The van der Waals surface area contributed by atoms with E-state index in [0.29, 0.717) is 10.4 Å². The van der Waals surface area contributed by atoms with Gasteiger partial charge in [0.05, 0.1) is 9.80 Å². The highest BCUT2D eigenvalue weighted by Gasteiger charge is 2.12. The number of nitro benzene ring substituents is 1. The first kappa shape index (κ1) is 13.0. The van der Waals surface area contributed by atoms with Crippen molar-refractivity contribution >= 4 is 28.9 Å². The summed E-state index contributed by atoms with van der Waals surface area (Å²) in [7, 11) is 0. The Balaban J connectivity index is 2.22. The van der Waals surface area contributed by atoms with E-state index in [9.17, 15) is 20.0 Å². The number of hydrogen-bond acceptors (Lipinski definition) is 5. The van der Waals surface area contributed by atoms with Gasteiger partial charge in [0.1, 0.15) is 0 Å². The van der Waals surface area contributed by atoms with Gasteiger partial charge in [-0.2, -0.15) is 0 Å². The molecule has 0 saturated carbocycles. The normalized spacial score (nSPS) is 10.7. The van der Waals surface area contributed by atoms with Gasteiger partial charge < -0.3 is 5.11 Å². The molecule has 0 bridgehead atoms. The molecule has 0 fully saturated rings. The Morgan fingerprint density at radius 3 is 2.79 bits per heavy atom. The number of benzene rings is 1. The van der Waals surface area contributed by atoms with E-state index in [1.165, 1.54) is 41.7 Å². The van der Waals surface area contributed by atoms with Gasteiger partial charge in [0.15, 0.2) is 11.5 Å². The molecule has 1 heterocycles. The van der Waals surface area contributed by atoms with Crippen LogP contribution in [0.15, 0.2) is 41.8 Å². The third kappa shape index (κ3) is 3.05. The lowest BCUT2D eigenvalue weighted by Gasteiger charge is -1.97. The van der Waals surface area contributed by atoms with Crippen LogP contribution < -0.4 is 0 Å². The average molecular weight is 275 g/mol. The fourth-order valence-electron chi connectivity index (χ4n) is 1.46. The van der Waals surface area contributed by atoms with E-state index in [2.05, 4.69) is 0 Å². The second kappa shape index (κ2) is 5.45. The summed E-state index contributed by atoms with van der Waals surface area (Å²) in [4.78, 5) is 22.3. The molecule has 0 unspecified atom stereocenters. The molecular weight excluding hydrogens is 266 g/mol. The molecular formula is C13H9NO4S. The van der Waals surface area contributed by atoms with Crippen LogP contribution in [0.4, 0.5) is 5.69 Å². The monoisotopic (exact) mass is 275 g/mol. The van der Waals surface area contributed by atoms with Crippen molar-refractivity contribution in [1.82, 2.24) is 0 Å². The third-order valence-electron chi connectivity index (χ3n) is 2.39. The second-order valence-corrected chi connectivity index (χ2v) is 4.63. The van der Waals surface area contributed by atoms with Gasteiger partial charge in [-0.1, -0.05) is 18.2 Å². The zero-order valence-corrected chi connectivity index (χ0v) is 10.5. The van der Waals surface area contributed by atoms with Crippen LogP contribution in [0.5, 0.6) is 5.75 Å². The summed E-state index contributed by atoms with van der Waals surface area (Å²) in [5.74, 6) is -0.558. The minimum atomic E-state index is -0.673. The first-order valence-corrected chi connectivity index (χ1v) is 6.19. The molecule has 2 aromatic rings. The fraction of sp³-hybridized carbons (Fsp3) is 0. The van der Waals surface area contributed by atoms with Crippen LogP contribution in [0.2, 0.25) is 0 Å². The van der Waals surface area contributed by atoms with Crippen molar-refractivity contribution < 1.29 is 14.8 Å². The average Bonchev–Trinajstić information content (AvgIpc) is 2.91. The van der Waals surface area contributed by atoms with Crippen LogP contribution >= 0.6 is 11.3 Å². The van der Waals surface area contributed by atoms with Crippen molar-refractivity contribution in [3.05, 3.63) is 62.3 Å². The first-order chi connectivity index (χ1) is 9.08. The molecule has 2 rings (SSSR count). The Hall–Kier alpha value is -2.47. The van der Waals surface area contributed by atoms with E-state index in [1.807, 2.05) is 0 Å². The zero-order valence-electron chi connectivity index (χ0n) is 9.65. The summed E-state index contributed by atoms with van der Waals surface area (Å²) in [6.45, 7) is 0. The SMILES string of the molecule is O=C(/C=C/c1ccc(O)c([N+](=O)[O-])c1)c1cccs1. The summed E-state index contributed by atoms with van der Waals surface area (Å²) in [6.07, 6.45) is 2.83. The number of phenolic OH excluding ortho intramolecular Hbond substituents is 1. The minimum Gasteiger partial charge on any atom is -0.502 e. The molecule has 0 aliphatic heterocycles. The molecule has 0 atom stereocenters. The van der Waals surface area contributed by atoms with Gasteiger partial charge in [0, 0.05) is 6.07 Å². The van der Waals surface area contributed by atoms with Gasteiger partial charge in [-0.15, -0.1) is 11.3 Å². The number of nitro groups is 1. The molecule has 0 amide bonds. The van der Waals surface area contributed by atoms with Crippen LogP contribution in [0.3, 0.4) is 0 Å². The largest absolute Gasteiger partial charge is 0.502 e. The van der Waals surface area contributed by atoms with Crippen molar-refractivity contribution in [1.29, 1.82) is 0 Å². The standard InChI is InChI=1S/C13H9NO4S/c15-11-5-3-9(8-10(11)14(17)18)4-6-12(16)13-2-1-7-19-13/h1-8,15H/b6-4+. The fourth-order valence-corrected chi connectivity index (χ4v) is 2.11. The smallest absolute Gasteiger partial charge is 0.311 e. The Kier molecular flexibility index (Phi) is 3.72. The zero-order chi connectivity index (χ0) is 13.8. The van der Waals surface area contributed by atoms with Crippen LogP contribution in [0.1, 0.15) is 15.2 Å². The van der Waals surface area contributed by atoms with E-state index in [0.717, 1.165) is 0 Å². The highest BCUT2D eigenvalue weighted by atomic mass is 32.1. The van der Waals surface area contributed by atoms with Crippen molar-refractivity contribution in [2.24, 2.45) is 0 Å². The Morgan fingerprint density at radius 1 is 1.37 bits per heavy atom. The molecule has 96 valence electrons. The lowest BCUT2D eigenvalue weighted by molar-refractivity contribution is -0.385. The molecule has 1 N–H and O–H groups in total. The molecule has 0 aliphatic carbocycles. The Bertz CT molecular complexity index is 647. The maximum Gasteiger partial charge on any atom is 0.311 e. The van der Waals surface area contributed by atoms with Gasteiger partial charge in [-0.3, -0.25) is 14.9 Å². The molecule has 6 heteroatoms. The van der Waals surface area contributed by atoms with E-state index in [4.69, 9.17) is 0 Å². The second-order valence-electron chi connectivity index (χ2n) is 3.68. The molecule has 0 radical (unpaired) electrons. The minimum absolute atomic E-state index is 0.161. The number of thiophene rings is 1. The number of aromatic hydroxyl groups is 1. The van der Waals surface area contributed by atoms with Crippen molar-refractivity contribution in [3.63, 3.8) is 0 Å². The molecule has 1 aromatic carbocycles. The number of carbonyl (C=O) groups is 1. The third-order valence-corrected chi connectivity index (χ3v) is 3.27. The summed E-state index contributed by atoms with van der Waals surface area (Å²) < 4.78 is 0. The number of allylic oxidation sites excluding steroid dienone is 1. The maximum atomic E-state index is 11.7. The van der Waals surface area contributed by atoms with Gasteiger partial charge >= 0.3 is 5.69 Å². The van der Waals surface area contributed by atoms with Gasteiger partial charge in [0.2, 0.25) is 0 Å². The Labute approximate surface area is 112 Å². The van der Waals surface area contributed by atoms with E-state index in [1.54, 1.807) is 17.5 Å². The van der Waals surface area contributed by atoms with Crippen LogP contribution in [-0.4, -0.2) is 15.8 Å². The van der Waals surface area contributed by atoms with Crippen molar-refractivity contribution in [3.8, 4) is 5.75 Å². The number of ketones is 1. The van der Waals surface area contributed by atoms with Crippen molar-refractivity contribution in [2.45, 2.75) is 0 Å². The number of phenols is 1. The first-order valence-electron chi connectivity index (χ1n) is 5.31. The highest BCUT2D eigenvalue weighted by Crippen LogP contribution is 2.26. The van der Waals surface area contributed by atoms with Gasteiger partial charge in [0.25, 0.3) is 0 Å². The van der Waals surface area contributed by atoms with Crippen LogP contribution in [0.25, 0.3) is 6.08 Å². The molecule has 0 saturated heterocycles. The number of carbonyl (C=O) groups excluding carboxylic acids is 1. The van der Waals surface area contributed by atoms with Gasteiger partial charge in [-0.25, -0.2) is 0 Å². The number of rotatable bonds is 4. The molecule has 0 aliphatic rings. The molecule has 1 aromatic heterocycles. The van der Waals surface area contributed by atoms with E-state index < -0.39 is 10.7 Å². The highest BCUT2D eigenvalue weighted by molar-refractivity contribution is 7.12. The van der Waals surface area contributed by atoms with Crippen LogP contribution in [-0.2, 0) is 0 Å². The predicted octanol–water partition coefficient (Wildman–Crippen LogP) is 3.26. The summed E-state index contributed by atoms with van der Waals surface area (Å²) in [5.41, 5.74) is 0.0973. The van der Waals surface area contributed by atoms with Crippen molar-refractivity contribution in [2.75, 3.05) is 0 Å². The predicted molar refractivity (Wildman–Crippen MR) is 72.4 cm³/mol. The lowest BCUT2D eigenvalue weighted by atomic mass is 10.1. The molecule has 5 nitrogen and oxygen atoms in total. The maximum absolute atomic E-state index is 11.7. The Morgan fingerprint density at radius 2 is 2.16 bits per heavy atom. The number of hydrogen-bond donors (Lipinski definition) is 1. The quantitative estimate of drug-likeness (QED) is 0.402. The van der Waals surface area contributed by atoms with E-state index >= 15 is 0 Å². The molecule has 19 heavy (non-hydrogen) atoms. The van der Waals surface area contributed by atoms with Gasteiger partial charge in [-0.05, 0) is 29.2 Å². The number of nitrogens with zero attached hydrogens (tertiary/aromatic N) is 1.